The summed E-state index contributed by atoms with van der Waals surface area (Å²) < 4.78 is 37.4. The monoisotopic (exact) mass is 639 g/mol. The van der Waals surface area contributed by atoms with Gasteiger partial charge in [0.1, 0.15) is 29.5 Å². The zero-order valence-corrected chi connectivity index (χ0v) is 26.9. The number of aliphatic hydroxyl groups excluding tert-OH is 2. The number of halogens is 1. The minimum Gasteiger partial charge on any atom is -0.455 e. The number of hydrogen-bond donors (Lipinski definition) is 3. The fourth-order valence-corrected chi connectivity index (χ4v) is 12.1. The molecule has 7 rings (SSSR count). The van der Waals surface area contributed by atoms with Crippen LogP contribution in [-0.2, 0) is 28.4 Å². The van der Waals surface area contributed by atoms with E-state index in [9.17, 15) is 20.1 Å². The third-order valence-electron chi connectivity index (χ3n) is 12.9. The molecule has 11 nitrogen and oxygen atoms in total. The average Bonchev–Trinajstić information content (AvgIpc) is 3.38. The number of carbonyl (C=O) groups is 1. The van der Waals surface area contributed by atoms with E-state index in [0.29, 0.717) is 25.1 Å². The summed E-state index contributed by atoms with van der Waals surface area (Å²) in [5.41, 5.74) is -4.01. The second kappa shape index (κ2) is 10.8. The lowest BCUT2D eigenvalue weighted by Gasteiger charge is -2.70. The van der Waals surface area contributed by atoms with Gasteiger partial charge in [-0.3, -0.25) is 0 Å². The van der Waals surface area contributed by atoms with E-state index in [2.05, 4.69) is 4.90 Å². The summed E-state index contributed by atoms with van der Waals surface area (Å²) in [6, 6.07) is 8.51. The fourth-order valence-electron chi connectivity index (χ4n) is 12.1. The first kappa shape index (κ1) is 32.6. The van der Waals surface area contributed by atoms with Crippen LogP contribution in [0.25, 0.3) is 0 Å². The van der Waals surface area contributed by atoms with E-state index in [-0.39, 0.29) is 36.7 Å². The summed E-state index contributed by atoms with van der Waals surface area (Å²) in [7, 11) is 10.1. The molecule has 1 aliphatic heterocycles. The molecule has 1 aromatic carbocycles. The summed E-state index contributed by atoms with van der Waals surface area (Å²) in [5, 5.41) is 36.9. The second-order valence-corrected chi connectivity index (χ2v) is 13.9. The molecule has 15 atom stereocenters. The van der Waals surface area contributed by atoms with E-state index in [4.69, 9.17) is 28.4 Å². The van der Waals surface area contributed by atoms with Crippen molar-refractivity contribution < 1.29 is 48.5 Å². The van der Waals surface area contributed by atoms with Gasteiger partial charge in [0.15, 0.2) is 0 Å². The highest BCUT2D eigenvalue weighted by atomic mass is 35.5. The Morgan fingerprint density at radius 1 is 1.00 bits per heavy atom. The topological polar surface area (TPSA) is 136 Å². The summed E-state index contributed by atoms with van der Waals surface area (Å²) in [6.45, 7) is 0.863. The van der Waals surface area contributed by atoms with Crippen LogP contribution < -0.4 is 0 Å². The van der Waals surface area contributed by atoms with E-state index in [0.717, 1.165) is 0 Å². The molecule has 44 heavy (non-hydrogen) atoms. The van der Waals surface area contributed by atoms with Crippen LogP contribution in [0.5, 0.6) is 0 Å². The first-order valence-corrected chi connectivity index (χ1v) is 15.3. The number of likely N-dealkylation sites (tertiary alicyclic amines) is 1. The molecular weight excluding hydrogens is 594 g/mol. The third kappa shape index (κ3) is 3.47. The Kier molecular flexibility index (Phi) is 8.02. The van der Waals surface area contributed by atoms with Crippen molar-refractivity contribution >= 4 is 18.4 Å². The Morgan fingerprint density at radius 3 is 2.30 bits per heavy atom. The Morgan fingerprint density at radius 2 is 1.70 bits per heavy atom. The van der Waals surface area contributed by atoms with Crippen LogP contribution >= 0.6 is 12.4 Å². The summed E-state index contributed by atoms with van der Waals surface area (Å²) in [4.78, 5) is 15.9. The lowest BCUT2D eigenvalue weighted by atomic mass is 9.42. The van der Waals surface area contributed by atoms with Crippen LogP contribution in [0.2, 0.25) is 0 Å². The first-order valence-electron chi connectivity index (χ1n) is 15.3. The molecule has 246 valence electrons. The smallest absolute Gasteiger partial charge is 0.338 e. The summed E-state index contributed by atoms with van der Waals surface area (Å²) >= 11 is 0. The third-order valence-corrected chi connectivity index (χ3v) is 12.9. The van der Waals surface area contributed by atoms with Crippen molar-refractivity contribution in [1.82, 2.24) is 4.90 Å². The molecule has 1 spiro atoms. The first-order chi connectivity index (χ1) is 20.6. The van der Waals surface area contributed by atoms with Crippen molar-refractivity contribution in [2.75, 3.05) is 55.7 Å². The maximum atomic E-state index is 13.6. The zero-order chi connectivity index (χ0) is 30.7. The fraction of sp³-hybridized carbons (Fsp3) is 0.781. The highest BCUT2D eigenvalue weighted by molar-refractivity contribution is 5.89. The zero-order valence-electron chi connectivity index (χ0n) is 26.1. The standard InChI is InChI=1S/C32H45NO10.ClH/c1-33-14-29(15-38-2)18(34)12-19(39-3)31-17-13-30(37)26(43-28(36)16-10-8-7-9-11-16)20(17)32(42-6,25(35)27(30)41-5)21(24(31)33)22(40-4)23(29)31;/h7-11,17-27,34-35,37H,12-15H2,1-6H3;1H/t17-,18-,19+,20-,21+,22+,23-,24-,25+,26-,27+,29+,30-,31?,32-;/m1./s1. The number of ether oxygens (including phenoxy) is 6. The highest BCUT2D eigenvalue weighted by Crippen LogP contribution is 2.80. The lowest BCUT2D eigenvalue weighted by molar-refractivity contribution is -0.324. The van der Waals surface area contributed by atoms with Gasteiger partial charge in [0.05, 0.1) is 30.5 Å². The predicted molar refractivity (Wildman–Crippen MR) is 158 cm³/mol. The van der Waals surface area contributed by atoms with Gasteiger partial charge in [-0.05, 0) is 31.5 Å². The number of nitrogens with zero attached hydrogens (tertiary/aromatic N) is 1. The molecule has 6 aliphatic rings. The normalized spacial score (nSPS) is 51.5. The van der Waals surface area contributed by atoms with Crippen LogP contribution in [0.4, 0.5) is 0 Å². The van der Waals surface area contributed by atoms with Gasteiger partial charge < -0.3 is 48.6 Å². The van der Waals surface area contributed by atoms with Crippen molar-refractivity contribution in [1.29, 1.82) is 0 Å². The Balaban J connectivity index is 0.00000343. The van der Waals surface area contributed by atoms with E-state index < -0.39 is 76.5 Å². The molecule has 1 heterocycles. The lowest BCUT2D eigenvalue weighted by Crippen LogP contribution is -2.81. The summed E-state index contributed by atoms with van der Waals surface area (Å²) in [5.74, 6) is -2.21. The van der Waals surface area contributed by atoms with Gasteiger partial charge in [-0.1, -0.05) is 18.2 Å². The number of aliphatic hydroxyl groups is 3. The molecule has 5 aliphatic carbocycles. The quantitative estimate of drug-likeness (QED) is 0.348. The maximum Gasteiger partial charge on any atom is 0.338 e. The molecule has 6 fully saturated rings. The SMILES string of the molecule is COC[C@]12CN(C)[C@@H]3[C@@H]4[C@H](OC)[C@H]1C3([C@@H](OC)C[C@H]2O)[C@@H]1C[C@@]2(O)[C@H](OC(=O)c3ccccc3)[C@@H]1[C@]4(OC)[C@@H](O)[C@@H]2OC.Cl. The molecule has 1 saturated heterocycles. The number of fused-ring (bicyclic) bond motifs is 2. The van der Waals surface area contributed by atoms with Crippen LogP contribution in [-0.4, -0.2) is 136 Å². The van der Waals surface area contributed by atoms with Crippen molar-refractivity contribution in [3.05, 3.63) is 35.9 Å². The largest absolute Gasteiger partial charge is 0.455 e. The molecule has 1 unspecified atom stereocenters. The van der Waals surface area contributed by atoms with E-state index in [1.54, 1.807) is 52.7 Å². The van der Waals surface area contributed by atoms with E-state index in [1.807, 2.05) is 13.1 Å². The van der Waals surface area contributed by atoms with Gasteiger partial charge in [-0.2, -0.15) is 0 Å². The number of benzene rings is 1. The molecular formula is C32H46ClNO10. The molecule has 0 radical (unpaired) electrons. The number of piperidine rings is 1. The van der Waals surface area contributed by atoms with Crippen molar-refractivity contribution in [3.63, 3.8) is 0 Å². The number of esters is 1. The second-order valence-electron chi connectivity index (χ2n) is 13.9. The van der Waals surface area contributed by atoms with Gasteiger partial charge in [0.2, 0.25) is 0 Å². The minimum atomic E-state index is -1.71. The van der Waals surface area contributed by atoms with Crippen molar-refractivity contribution in [3.8, 4) is 0 Å². The Labute approximate surface area is 264 Å². The number of methoxy groups -OCH3 is 5. The van der Waals surface area contributed by atoms with Crippen LogP contribution in [0.1, 0.15) is 23.2 Å². The van der Waals surface area contributed by atoms with E-state index >= 15 is 0 Å². The number of carbonyl (C=O) groups excluding carboxylic acids is 1. The molecule has 0 amide bonds. The molecule has 5 saturated carbocycles. The molecule has 12 heteroatoms. The molecule has 1 aromatic rings. The minimum absolute atomic E-state index is 0. The van der Waals surface area contributed by atoms with Gasteiger partial charge in [-0.25, -0.2) is 4.79 Å². The molecule has 3 N–H and O–H groups in total. The highest BCUT2D eigenvalue weighted by Gasteiger charge is 2.91. The average molecular weight is 640 g/mol. The maximum absolute atomic E-state index is 13.6. The number of rotatable bonds is 8. The van der Waals surface area contributed by atoms with Crippen LogP contribution in [0.3, 0.4) is 0 Å². The van der Waals surface area contributed by atoms with Gasteiger partial charge in [0, 0.05) is 83.1 Å². The Hall–Kier alpha value is -1.38. The number of hydrogen-bond acceptors (Lipinski definition) is 11. The van der Waals surface area contributed by atoms with E-state index in [1.165, 1.54) is 7.11 Å². The van der Waals surface area contributed by atoms with Crippen LogP contribution in [0, 0.1) is 34.5 Å². The van der Waals surface area contributed by atoms with Gasteiger partial charge >= 0.3 is 5.97 Å². The predicted octanol–water partition coefficient (Wildman–Crippen LogP) is 0.763. The van der Waals surface area contributed by atoms with Gasteiger partial charge in [0.25, 0.3) is 0 Å². The molecule has 0 aromatic heterocycles. The van der Waals surface area contributed by atoms with Crippen molar-refractivity contribution in [2.24, 2.45) is 34.5 Å². The Bertz CT molecular complexity index is 1260. The molecule has 7 bridgehead atoms. The van der Waals surface area contributed by atoms with Gasteiger partial charge in [-0.15, -0.1) is 12.4 Å². The summed E-state index contributed by atoms with van der Waals surface area (Å²) in [6.07, 6.45) is -4.43. The van der Waals surface area contributed by atoms with Crippen molar-refractivity contribution in [2.45, 2.75) is 66.7 Å². The van der Waals surface area contributed by atoms with Crippen LogP contribution in [0.15, 0.2) is 30.3 Å².